The Hall–Kier alpha value is -1.58. The van der Waals surface area contributed by atoms with Crippen LogP contribution in [0.3, 0.4) is 0 Å². The molecule has 7 nitrogen and oxygen atoms in total. The lowest BCUT2D eigenvalue weighted by Gasteiger charge is -2.16. The molecule has 1 unspecified atom stereocenters. The molecule has 0 aromatic rings. The number of nitrogens with two attached hydrogens (primary N) is 1. The molecule has 0 aliphatic heterocycles. The van der Waals surface area contributed by atoms with Gasteiger partial charge in [-0.25, -0.2) is 4.79 Å². The van der Waals surface area contributed by atoms with Crippen molar-refractivity contribution in [2.45, 2.75) is 12.2 Å². The molecular weight excluding hydrogens is 211 g/mol. The summed E-state index contributed by atoms with van der Waals surface area (Å²) in [5.41, 5.74) is 5.50. The predicted molar refractivity (Wildman–Crippen MR) is 35.5 cm³/mol. The fourth-order valence-electron chi connectivity index (χ4n) is 0.486. The van der Waals surface area contributed by atoms with E-state index in [9.17, 15) is 28.1 Å². The molecule has 82 valence electrons. The fraction of sp³-hybridized carbons (Fsp3) is 0.750. The predicted octanol–water partition coefficient (Wildman–Crippen LogP) is -0.206. The largest absolute Gasteiger partial charge is 0.423 e. The number of hydroxylamine groups is 1. The number of carbonyl (C=O) groups excluding carboxylic acids is 1. The molecule has 0 heterocycles. The van der Waals surface area contributed by atoms with Crippen molar-refractivity contribution in [2.24, 2.45) is 5.73 Å². The van der Waals surface area contributed by atoms with Crippen LogP contribution in [0.15, 0.2) is 0 Å². The van der Waals surface area contributed by atoms with Crippen molar-refractivity contribution in [3.63, 3.8) is 0 Å². The number of nitro groups is 1. The minimum atomic E-state index is -4.90. The van der Waals surface area contributed by atoms with Gasteiger partial charge in [0, 0.05) is 4.92 Å². The zero-order chi connectivity index (χ0) is 11.4. The molecular formula is C4H6F3N3O4. The number of hydrogen-bond acceptors (Lipinski definition) is 5. The summed E-state index contributed by atoms with van der Waals surface area (Å²) < 4.78 is 35.8. The minimum Gasteiger partial charge on any atom is -0.353 e. The maximum Gasteiger partial charge on any atom is 0.423 e. The van der Waals surface area contributed by atoms with Crippen LogP contribution in [0, 0.1) is 10.1 Å². The summed E-state index contributed by atoms with van der Waals surface area (Å²) >= 11 is 0. The molecule has 0 bridgehead atoms. The molecule has 1 atom stereocenters. The van der Waals surface area contributed by atoms with E-state index in [1.165, 1.54) is 0 Å². The third kappa shape index (κ3) is 5.13. The Labute approximate surface area is 75.1 Å². The summed E-state index contributed by atoms with van der Waals surface area (Å²) in [5, 5.41) is 9.79. The lowest BCUT2D eigenvalue weighted by Crippen LogP contribution is -2.48. The van der Waals surface area contributed by atoms with Crippen LogP contribution in [0.5, 0.6) is 0 Å². The number of carbonyl (C=O) groups is 1. The first-order valence-electron chi connectivity index (χ1n) is 3.13. The van der Waals surface area contributed by atoms with Crippen molar-refractivity contribution < 1.29 is 27.7 Å². The van der Waals surface area contributed by atoms with Crippen molar-refractivity contribution >= 4 is 6.09 Å². The normalized spacial score (nSPS) is 13.4. The molecule has 0 aliphatic rings. The summed E-state index contributed by atoms with van der Waals surface area (Å²) in [6, 6.07) is -2.58. The Balaban J connectivity index is 4.26. The second kappa shape index (κ2) is 4.60. The van der Waals surface area contributed by atoms with Gasteiger partial charge in [-0.05, 0) is 0 Å². The zero-order valence-corrected chi connectivity index (χ0v) is 6.58. The average molecular weight is 217 g/mol. The number of amides is 1. The van der Waals surface area contributed by atoms with E-state index >= 15 is 0 Å². The van der Waals surface area contributed by atoms with Gasteiger partial charge in [0.05, 0.1) is 0 Å². The van der Waals surface area contributed by atoms with Gasteiger partial charge in [0.25, 0.3) is 0 Å². The third-order valence-electron chi connectivity index (χ3n) is 1.03. The van der Waals surface area contributed by atoms with E-state index in [-0.39, 0.29) is 0 Å². The van der Waals surface area contributed by atoms with Crippen molar-refractivity contribution in [1.82, 2.24) is 5.48 Å². The Bertz CT molecular complexity index is 230. The number of primary amides is 1. The maximum atomic E-state index is 11.9. The number of nitrogens with one attached hydrogen (secondary N) is 1. The Morgan fingerprint density at radius 1 is 1.64 bits per heavy atom. The fourth-order valence-corrected chi connectivity index (χ4v) is 0.486. The second-order valence-corrected chi connectivity index (χ2v) is 2.15. The minimum absolute atomic E-state index is 1.15. The van der Waals surface area contributed by atoms with Crippen LogP contribution in [-0.4, -0.2) is 29.8 Å². The van der Waals surface area contributed by atoms with Crippen molar-refractivity contribution in [3.8, 4) is 0 Å². The highest BCUT2D eigenvalue weighted by Crippen LogP contribution is 2.20. The van der Waals surface area contributed by atoms with Crippen LogP contribution in [0.2, 0.25) is 0 Å². The second-order valence-electron chi connectivity index (χ2n) is 2.15. The van der Waals surface area contributed by atoms with Crippen molar-refractivity contribution in [3.05, 3.63) is 10.1 Å². The van der Waals surface area contributed by atoms with Gasteiger partial charge in [0.1, 0.15) is 0 Å². The Morgan fingerprint density at radius 2 is 2.14 bits per heavy atom. The molecule has 0 saturated carbocycles. The van der Waals surface area contributed by atoms with Crippen LogP contribution < -0.4 is 11.2 Å². The van der Waals surface area contributed by atoms with Crippen molar-refractivity contribution in [1.29, 1.82) is 0 Å². The molecule has 0 aromatic heterocycles. The van der Waals surface area contributed by atoms with E-state index in [1.54, 1.807) is 0 Å². The van der Waals surface area contributed by atoms with Crippen LogP contribution in [0.25, 0.3) is 0 Å². The standard InChI is InChI=1S/C4H6F3N3O4/c5-4(6,7)2(1-10(12)13)9-14-3(8)11/h2,9H,1H2,(H2,8,11). The molecule has 0 saturated heterocycles. The lowest BCUT2D eigenvalue weighted by molar-refractivity contribution is -0.493. The average Bonchev–Trinajstić information content (AvgIpc) is 1.94. The summed E-state index contributed by atoms with van der Waals surface area (Å²) in [4.78, 5) is 22.1. The number of nitrogens with zero attached hydrogens (tertiary/aromatic N) is 1. The van der Waals surface area contributed by atoms with Gasteiger partial charge in [-0.3, -0.25) is 10.1 Å². The highest BCUT2D eigenvalue weighted by atomic mass is 19.4. The van der Waals surface area contributed by atoms with Crippen LogP contribution in [0.4, 0.5) is 18.0 Å². The van der Waals surface area contributed by atoms with Gasteiger partial charge in [0.2, 0.25) is 12.6 Å². The smallest absolute Gasteiger partial charge is 0.353 e. The third-order valence-corrected chi connectivity index (χ3v) is 1.03. The number of halogens is 3. The molecule has 14 heavy (non-hydrogen) atoms. The van der Waals surface area contributed by atoms with Gasteiger partial charge >= 0.3 is 12.3 Å². The topological polar surface area (TPSA) is 107 Å². The van der Waals surface area contributed by atoms with Gasteiger partial charge in [-0.1, -0.05) is 0 Å². The van der Waals surface area contributed by atoms with Gasteiger partial charge in [-0.15, -0.1) is 5.48 Å². The first kappa shape index (κ1) is 12.4. The van der Waals surface area contributed by atoms with E-state index in [4.69, 9.17) is 0 Å². The lowest BCUT2D eigenvalue weighted by atomic mass is 10.3. The molecule has 0 radical (unpaired) electrons. The number of rotatable bonds is 4. The van der Waals surface area contributed by atoms with E-state index in [0.29, 0.717) is 0 Å². The Morgan fingerprint density at radius 3 is 2.43 bits per heavy atom. The van der Waals surface area contributed by atoms with Gasteiger partial charge in [-0.2, -0.15) is 13.2 Å². The first-order valence-corrected chi connectivity index (χ1v) is 3.13. The SMILES string of the molecule is NC(=O)ONC(C[N+](=O)[O-])C(F)(F)F. The van der Waals surface area contributed by atoms with E-state index < -0.39 is 29.8 Å². The summed E-state index contributed by atoms with van der Waals surface area (Å²) in [6.45, 7) is -1.46. The summed E-state index contributed by atoms with van der Waals surface area (Å²) in [5.74, 6) is 0. The van der Waals surface area contributed by atoms with Crippen LogP contribution >= 0.6 is 0 Å². The van der Waals surface area contributed by atoms with Crippen molar-refractivity contribution in [2.75, 3.05) is 6.54 Å². The quantitative estimate of drug-likeness (QED) is 0.500. The molecule has 0 aliphatic carbocycles. The Kier molecular flexibility index (Phi) is 4.08. The van der Waals surface area contributed by atoms with Crippen LogP contribution in [0.1, 0.15) is 0 Å². The molecule has 0 fully saturated rings. The molecule has 0 aromatic carbocycles. The highest BCUT2D eigenvalue weighted by Gasteiger charge is 2.44. The molecule has 0 spiro atoms. The van der Waals surface area contributed by atoms with E-state index in [1.807, 2.05) is 0 Å². The first-order chi connectivity index (χ1) is 6.23. The number of alkyl halides is 3. The van der Waals surface area contributed by atoms with Gasteiger partial charge in [0.15, 0.2) is 0 Å². The monoisotopic (exact) mass is 217 g/mol. The van der Waals surface area contributed by atoms with E-state index in [0.717, 1.165) is 5.48 Å². The summed E-state index contributed by atoms with van der Waals surface area (Å²) in [7, 11) is 0. The van der Waals surface area contributed by atoms with Gasteiger partial charge < -0.3 is 10.6 Å². The molecule has 10 heteroatoms. The molecule has 0 rings (SSSR count). The van der Waals surface area contributed by atoms with Crippen LogP contribution in [-0.2, 0) is 4.84 Å². The highest BCUT2D eigenvalue weighted by molar-refractivity contribution is 5.64. The van der Waals surface area contributed by atoms with E-state index in [2.05, 4.69) is 10.6 Å². The summed E-state index contributed by atoms with van der Waals surface area (Å²) in [6.07, 6.45) is -6.41. The number of hydrogen-bond donors (Lipinski definition) is 2. The maximum absolute atomic E-state index is 11.9. The molecule has 1 amide bonds. The zero-order valence-electron chi connectivity index (χ0n) is 6.58. The molecule has 3 N–H and O–H groups in total.